The number of aromatic nitrogens is 2. The zero-order valence-electron chi connectivity index (χ0n) is 11.5. The molecule has 0 aliphatic heterocycles. The fraction of sp³-hybridized carbons (Fsp3) is 0.769. The van der Waals surface area contributed by atoms with Crippen molar-refractivity contribution in [1.82, 2.24) is 15.0 Å². The maximum Gasteiger partial charge on any atom is 0.317 e. The Balaban J connectivity index is 1.91. The molecule has 0 bridgehead atoms. The Morgan fingerprint density at radius 1 is 1.53 bits per heavy atom. The van der Waals surface area contributed by atoms with E-state index in [1.165, 1.54) is 12.8 Å². The lowest BCUT2D eigenvalue weighted by Crippen LogP contribution is -2.31. The Kier molecular flexibility index (Phi) is 4.52. The average Bonchev–Trinajstić information content (AvgIpc) is 2.98. The van der Waals surface area contributed by atoms with E-state index in [1.807, 2.05) is 4.90 Å². The average molecular weight is 267 g/mol. The van der Waals surface area contributed by atoms with Crippen LogP contribution in [0.3, 0.4) is 0 Å². The predicted molar refractivity (Wildman–Crippen MR) is 68.5 cm³/mol. The molecule has 106 valence electrons. The molecule has 1 saturated carbocycles. The SMILES string of the molecule is CC(C)Cc1noc(CN(CC(=O)O)CC2CC2)n1. The molecule has 19 heavy (non-hydrogen) atoms. The number of carboxylic acid groups (broad SMARTS) is 1. The molecule has 0 unspecified atom stereocenters. The van der Waals surface area contributed by atoms with Crippen LogP contribution in [0.15, 0.2) is 4.52 Å². The zero-order chi connectivity index (χ0) is 13.8. The minimum Gasteiger partial charge on any atom is -0.480 e. The van der Waals surface area contributed by atoms with Gasteiger partial charge in [0, 0.05) is 13.0 Å². The Morgan fingerprint density at radius 2 is 2.26 bits per heavy atom. The third-order valence-electron chi connectivity index (χ3n) is 3.03. The molecule has 2 rings (SSSR count). The van der Waals surface area contributed by atoms with Gasteiger partial charge in [0.2, 0.25) is 5.89 Å². The Hall–Kier alpha value is -1.43. The van der Waals surface area contributed by atoms with Gasteiger partial charge in [0.15, 0.2) is 5.82 Å². The molecule has 0 radical (unpaired) electrons. The number of nitrogens with zero attached hydrogens (tertiary/aromatic N) is 3. The molecule has 0 atom stereocenters. The Morgan fingerprint density at radius 3 is 2.84 bits per heavy atom. The molecule has 0 spiro atoms. The highest BCUT2D eigenvalue weighted by molar-refractivity contribution is 5.69. The molecule has 1 aliphatic rings. The van der Waals surface area contributed by atoms with Crippen molar-refractivity contribution in [3.05, 3.63) is 11.7 Å². The first-order valence-electron chi connectivity index (χ1n) is 6.78. The van der Waals surface area contributed by atoms with Gasteiger partial charge in [-0.3, -0.25) is 9.69 Å². The summed E-state index contributed by atoms with van der Waals surface area (Å²) in [6.45, 7) is 5.44. The van der Waals surface area contributed by atoms with Crippen molar-refractivity contribution in [2.75, 3.05) is 13.1 Å². The molecule has 0 amide bonds. The van der Waals surface area contributed by atoms with Gasteiger partial charge in [-0.1, -0.05) is 19.0 Å². The van der Waals surface area contributed by atoms with Crippen LogP contribution in [0, 0.1) is 11.8 Å². The molecule has 1 aromatic heterocycles. The smallest absolute Gasteiger partial charge is 0.317 e. The van der Waals surface area contributed by atoms with E-state index in [4.69, 9.17) is 9.63 Å². The van der Waals surface area contributed by atoms with Crippen molar-refractivity contribution in [2.24, 2.45) is 11.8 Å². The molecule has 0 aromatic carbocycles. The monoisotopic (exact) mass is 267 g/mol. The first-order valence-corrected chi connectivity index (χ1v) is 6.78. The second-order valence-electron chi connectivity index (χ2n) is 5.71. The van der Waals surface area contributed by atoms with Crippen molar-refractivity contribution in [3.63, 3.8) is 0 Å². The number of hydrogen-bond acceptors (Lipinski definition) is 5. The zero-order valence-corrected chi connectivity index (χ0v) is 11.5. The van der Waals surface area contributed by atoms with E-state index in [0.717, 1.165) is 13.0 Å². The molecule has 1 fully saturated rings. The summed E-state index contributed by atoms with van der Waals surface area (Å²) in [5.41, 5.74) is 0. The second-order valence-corrected chi connectivity index (χ2v) is 5.71. The number of rotatable bonds is 8. The maximum atomic E-state index is 10.8. The van der Waals surface area contributed by atoms with Gasteiger partial charge < -0.3 is 9.63 Å². The molecule has 1 heterocycles. The van der Waals surface area contributed by atoms with Crippen LogP contribution in [0.1, 0.15) is 38.4 Å². The van der Waals surface area contributed by atoms with Gasteiger partial charge in [0.25, 0.3) is 0 Å². The van der Waals surface area contributed by atoms with E-state index in [9.17, 15) is 4.79 Å². The van der Waals surface area contributed by atoms with Crippen LogP contribution in [0.5, 0.6) is 0 Å². The molecule has 1 aromatic rings. The quantitative estimate of drug-likeness (QED) is 0.770. The van der Waals surface area contributed by atoms with E-state index in [1.54, 1.807) is 0 Å². The first kappa shape index (κ1) is 14.0. The van der Waals surface area contributed by atoms with E-state index < -0.39 is 5.97 Å². The minimum atomic E-state index is -0.817. The molecule has 1 N–H and O–H groups in total. The summed E-state index contributed by atoms with van der Waals surface area (Å²) in [6.07, 6.45) is 3.17. The molecule has 0 saturated heterocycles. The number of carboxylic acids is 1. The van der Waals surface area contributed by atoms with E-state index in [0.29, 0.717) is 30.1 Å². The maximum absolute atomic E-state index is 10.8. The minimum absolute atomic E-state index is 0.0262. The van der Waals surface area contributed by atoms with E-state index in [2.05, 4.69) is 24.0 Å². The summed E-state index contributed by atoms with van der Waals surface area (Å²) in [5, 5.41) is 12.8. The third-order valence-corrected chi connectivity index (χ3v) is 3.03. The lowest BCUT2D eigenvalue weighted by Gasteiger charge is -2.17. The van der Waals surface area contributed by atoms with Crippen LogP contribution in [0.25, 0.3) is 0 Å². The predicted octanol–water partition coefficient (Wildman–Crippen LogP) is 1.56. The fourth-order valence-corrected chi connectivity index (χ4v) is 2.04. The van der Waals surface area contributed by atoms with Crippen molar-refractivity contribution < 1.29 is 14.4 Å². The Labute approximate surface area is 112 Å². The molecular formula is C13H21N3O3. The topological polar surface area (TPSA) is 79.5 Å². The van der Waals surface area contributed by atoms with E-state index >= 15 is 0 Å². The lowest BCUT2D eigenvalue weighted by molar-refractivity contribution is -0.138. The van der Waals surface area contributed by atoms with Gasteiger partial charge in [0.05, 0.1) is 13.1 Å². The van der Waals surface area contributed by atoms with Crippen LogP contribution in [0.4, 0.5) is 0 Å². The van der Waals surface area contributed by atoms with Crippen molar-refractivity contribution >= 4 is 5.97 Å². The summed E-state index contributed by atoms with van der Waals surface area (Å²) < 4.78 is 5.18. The number of aliphatic carboxylic acids is 1. The largest absolute Gasteiger partial charge is 0.480 e. The lowest BCUT2D eigenvalue weighted by atomic mass is 10.1. The van der Waals surface area contributed by atoms with Crippen LogP contribution in [-0.4, -0.2) is 39.2 Å². The fourth-order valence-electron chi connectivity index (χ4n) is 2.04. The number of carbonyl (C=O) groups is 1. The molecule has 6 heteroatoms. The standard InChI is InChI=1S/C13H21N3O3/c1-9(2)5-11-14-12(19-15-11)7-16(8-13(17)18)6-10-3-4-10/h9-10H,3-8H2,1-2H3,(H,17,18). The van der Waals surface area contributed by atoms with Crippen molar-refractivity contribution in [1.29, 1.82) is 0 Å². The van der Waals surface area contributed by atoms with Crippen LogP contribution < -0.4 is 0 Å². The third kappa shape index (κ3) is 4.98. The van der Waals surface area contributed by atoms with Gasteiger partial charge in [-0.25, -0.2) is 0 Å². The highest BCUT2D eigenvalue weighted by Gasteiger charge is 2.26. The van der Waals surface area contributed by atoms with Gasteiger partial charge in [-0.05, 0) is 24.7 Å². The Bertz CT molecular complexity index is 427. The van der Waals surface area contributed by atoms with Crippen LogP contribution in [-0.2, 0) is 17.8 Å². The van der Waals surface area contributed by atoms with Gasteiger partial charge in [-0.2, -0.15) is 4.98 Å². The molecular weight excluding hydrogens is 246 g/mol. The molecule has 6 nitrogen and oxygen atoms in total. The van der Waals surface area contributed by atoms with Gasteiger partial charge in [-0.15, -0.1) is 0 Å². The van der Waals surface area contributed by atoms with Gasteiger partial charge >= 0.3 is 5.97 Å². The van der Waals surface area contributed by atoms with Crippen molar-refractivity contribution in [2.45, 2.75) is 39.7 Å². The highest BCUT2D eigenvalue weighted by atomic mass is 16.5. The highest BCUT2D eigenvalue weighted by Crippen LogP contribution is 2.30. The van der Waals surface area contributed by atoms with Crippen LogP contribution in [0.2, 0.25) is 0 Å². The van der Waals surface area contributed by atoms with Crippen LogP contribution >= 0.6 is 0 Å². The summed E-state index contributed by atoms with van der Waals surface area (Å²) in [4.78, 5) is 17.0. The van der Waals surface area contributed by atoms with Gasteiger partial charge in [0.1, 0.15) is 0 Å². The van der Waals surface area contributed by atoms with Crippen molar-refractivity contribution in [3.8, 4) is 0 Å². The summed E-state index contributed by atoms with van der Waals surface area (Å²) in [5.74, 6) is 1.51. The molecule has 1 aliphatic carbocycles. The first-order chi connectivity index (χ1) is 9.02. The normalized spacial score (nSPS) is 15.4. The summed E-state index contributed by atoms with van der Waals surface area (Å²) >= 11 is 0. The van der Waals surface area contributed by atoms with E-state index in [-0.39, 0.29) is 6.54 Å². The summed E-state index contributed by atoms with van der Waals surface area (Å²) in [7, 11) is 0. The summed E-state index contributed by atoms with van der Waals surface area (Å²) in [6, 6.07) is 0. The second kappa shape index (κ2) is 6.14. The number of hydrogen-bond donors (Lipinski definition) is 1.